The number of carbonyl (C=O) groups excluding carboxylic acids is 2. The van der Waals surface area contributed by atoms with Gasteiger partial charge in [-0.25, -0.2) is 9.78 Å². The highest BCUT2D eigenvalue weighted by Gasteiger charge is 2.53. The molecule has 1 aromatic heterocycles. The largest absolute Gasteiger partial charge is 0.469 e. The number of imidazole rings is 1. The molecule has 32 heavy (non-hydrogen) atoms. The van der Waals surface area contributed by atoms with Crippen LogP contribution in [0.5, 0.6) is 0 Å². The van der Waals surface area contributed by atoms with Crippen LogP contribution < -0.4 is 11.1 Å². The summed E-state index contributed by atoms with van der Waals surface area (Å²) in [6.45, 7) is 9.52. The Morgan fingerprint density at radius 2 is 1.97 bits per heavy atom. The van der Waals surface area contributed by atoms with Crippen LogP contribution >= 0.6 is 12.2 Å². The van der Waals surface area contributed by atoms with Crippen molar-refractivity contribution in [2.75, 3.05) is 7.11 Å². The molecule has 180 valence electrons. The number of nitrogens with two attached hydrogens (primary N) is 1. The third-order valence-corrected chi connectivity index (χ3v) is 6.25. The predicted molar refractivity (Wildman–Crippen MR) is 124 cm³/mol. The fraction of sp³-hybridized carbons (Fsp3) is 0.727. The second-order valence-electron chi connectivity index (χ2n) is 9.17. The molecule has 3 N–H and O–H groups in total. The van der Waals surface area contributed by atoms with Crippen LogP contribution in [0.25, 0.3) is 0 Å². The molecule has 2 rings (SSSR count). The van der Waals surface area contributed by atoms with Crippen LogP contribution in [-0.2, 0) is 19.0 Å². The number of alkyl carbamates (subject to hydrolysis) is 1. The van der Waals surface area contributed by atoms with E-state index in [1.165, 1.54) is 13.4 Å². The maximum Gasteiger partial charge on any atom is 0.407 e. The zero-order valence-electron chi connectivity index (χ0n) is 19.7. The lowest BCUT2D eigenvalue weighted by atomic mass is 9.81. The van der Waals surface area contributed by atoms with Crippen molar-refractivity contribution in [3.05, 3.63) is 18.7 Å². The Bertz CT molecular complexity index is 776. The van der Waals surface area contributed by atoms with E-state index in [1.54, 1.807) is 37.7 Å². The van der Waals surface area contributed by atoms with Gasteiger partial charge in [-0.15, -0.1) is 0 Å². The highest BCUT2D eigenvalue weighted by atomic mass is 32.1. The number of ether oxygens (including phenoxy) is 3. The molecule has 1 amide bonds. The van der Waals surface area contributed by atoms with Crippen molar-refractivity contribution < 1.29 is 23.8 Å². The lowest BCUT2D eigenvalue weighted by Crippen LogP contribution is -2.52. The summed E-state index contributed by atoms with van der Waals surface area (Å²) in [6, 6.07) is -0.782. The van der Waals surface area contributed by atoms with Gasteiger partial charge in [-0.05, 0) is 45.3 Å². The molecular formula is C22H36N4O5S. The van der Waals surface area contributed by atoms with Gasteiger partial charge in [0.15, 0.2) is 0 Å². The molecule has 1 aliphatic carbocycles. The summed E-state index contributed by atoms with van der Waals surface area (Å²) in [6.07, 6.45) is 5.56. The standard InChI is InChI=1S/C22H36N4O5S/c1-7-13(8-2)17(23)16-15(25-20(28)31-22(3,4)5)11-14(19(27)29-6)18(16)30-21(32)26-10-9-24-12-26/h9-10,12-18H,7-8,11,23H2,1-6H3,(H,25,28)/t14-,15+,16+,17?,18+/m0/s1. The van der Waals surface area contributed by atoms with Gasteiger partial charge in [0.2, 0.25) is 0 Å². The number of nitrogens with one attached hydrogen (secondary N) is 1. The first-order valence-electron chi connectivity index (χ1n) is 11.0. The van der Waals surface area contributed by atoms with E-state index in [0.29, 0.717) is 6.42 Å². The van der Waals surface area contributed by atoms with E-state index in [4.69, 9.17) is 32.2 Å². The minimum Gasteiger partial charge on any atom is -0.469 e. The number of esters is 1. The van der Waals surface area contributed by atoms with Crippen LogP contribution in [0.2, 0.25) is 0 Å². The number of rotatable bonds is 7. The maximum absolute atomic E-state index is 12.7. The van der Waals surface area contributed by atoms with Crippen molar-refractivity contribution in [1.29, 1.82) is 0 Å². The highest BCUT2D eigenvalue weighted by Crippen LogP contribution is 2.40. The van der Waals surface area contributed by atoms with Gasteiger partial charge in [-0.2, -0.15) is 0 Å². The minimum atomic E-state index is -0.673. The van der Waals surface area contributed by atoms with Crippen LogP contribution in [0.4, 0.5) is 4.79 Å². The number of carbonyl (C=O) groups is 2. The van der Waals surface area contributed by atoms with Gasteiger partial charge < -0.3 is 25.3 Å². The first-order valence-corrected chi connectivity index (χ1v) is 11.4. The van der Waals surface area contributed by atoms with Crippen LogP contribution in [-0.4, -0.2) is 57.7 Å². The van der Waals surface area contributed by atoms with E-state index < -0.39 is 35.7 Å². The van der Waals surface area contributed by atoms with Crippen molar-refractivity contribution >= 4 is 29.5 Å². The molecule has 1 saturated carbocycles. The van der Waals surface area contributed by atoms with E-state index in [-0.39, 0.29) is 23.1 Å². The average molecular weight is 469 g/mol. The lowest BCUT2D eigenvalue weighted by Gasteiger charge is -2.35. The Balaban J connectivity index is 2.39. The van der Waals surface area contributed by atoms with Crippen molar-refractivity contribution in [2.45, 2.75) is 77.7 Å². The molecule has 1 aromatic rings. The predicted octanol–water partition coefficient (Wildman–Crippen LogP) is 2.87. The molecule has 0 aliphatic heterocycles. The third-order valence-electron chi connectivity index (χ3n) is 5.94. The van der Waals surface area contributed by atoms with Crippen LogP contribution in [0.3, 0.4) is 0 Å². The SMILES string of the molecule is CCC(CC)C(N)[C@@H]1[C@H](OC(=S)n2ccnc2)[C@@H](C(=O)OC)C[C@H]1NC(=O)OC(C)(C)C. The summed E-state index contributed by atoms with van der Waals surface area (Å²) < 4.78 is 18.2. The molecule has 0 aromatic carbocycles. The van der Waals surface area contributed by atoms with Crippen molar-refractivity contribution in [2.24, 2.45) is 23.5 Å². The van der Waals surface area contributed by atoms with Gasteiger partial charge >= 0.3 is 12.1 Å². The molecule has 1 fully saturated rings. The Labute approximate surface area is 195 Å². The summed E-state index contributed by atoms with van der Waals surface area (Å²) in [5, 5.41) is 3.08. The van der Waals surface area contributed by atoms with Crippen LogP contribution in [0, 0.1) is 17.8 Å². The number of hydrogen-bond acceptors (Lipinski definition) is 8. The molecular weight excluding hydrogens is 432 g/mol. The van der Waals surface area contributed by atoms with E-state index in [2.05, 4.69) is 24.1 Å². The van der Waals surface area contributed by atoms with Crippen LogP contribution in [0.15, 0.2) is 18.7 Å². The number of amides is 1. The number of thiocarbonyl (C=S) groups is 1. The molecule has 1 aliphatic rings. The topological polar surface area (TPSA) is 118 Å². The first kappa shape index (κ1) is 26.1. The summed E-state index contributed by atoms with van der Waals surface area (Å²) in [5.74, 6) is -1.28. The van der Waals surface area contributed by atoms with Crippen LogP contribution in [0.1, 0.15) is 53.9 Å². The molecule has 0 spiro atoms. The van der Waals surface area contributed by atoms with Crippen molar-refractivity contribution in [3.8, 4) is 0 Å². The van der Waals surface area contributed by atoms with Crippen molar-refractivity contribution in [3.63, 3.8) is 0 Å². The molecule has 1 heterocycles. The van der Waals surface area contributed by atoms with Gasteiger partial charge in [0.25, 0.3) is 5.17 Å². The first-order chi connectivity index (χ1) is 15.0. The monoisotopic (exact) mass is 468 g/mol. The fourth-order valence-electron chi connectivity index (χ4n) is 4.40. The number of aromatic nitrogens is 2. The zero-order valence-corrected chi connectivity index (χ0v) is 20.6. The van der Waals surface area contributed by atoms with E-state index >= 15 is 0 Å². The third kappa shape index (κ3) is 6.41. The number of methoxy groups -OCH3 is 1. The van der Waals surface area contributed by atoms with E-state index in [9.17, 15) is 9.59 Å². The Hall–Kier alpha value is -2.20. The minimum absolute atomic E-state index is 0.154. The quantitative estimate of drug-likeness (QED) is 0.463. The van der Waals surface area contributed by atoms with Gasteiger partial charge in [0.1, 0.15) is 18.0 Å². The molecule has 0 saturated heterocycles. The van der Waals surface area contributed by atoms with Crippen molar-refractivity contribution in [1.82, 2.24) is 14.9 Å². The number of nitrogens with zero attached hydrogens (tertiary/aromatic N) is 2. The molecule has 0 bridgehead atoms. The van der Waals surface area contributed by atoms with Gasteiger partial charge in [0.05, 0.1) is 13.0 Å². The lowest BCUT2D eigenvalue weighted by molar-refractivity contribution is -0.148. The normalized spacial score (nSPS) is 24.1. The summed E-state index contributed by atoms with van der Waals surface area (Å²) in [5.41, 5.74) is 6.08. The van der Waals surface area contributed by atoms with Gasteiger partial charge in [-0.3, -0.25) is 9.36 Å². The average Bonchev–Trinajstić information content (AvgIpc) is 3.35. The molecule has 5 atom stereocenters. The number of hydrogen-bond donors (Lipinski definition) is 2. The molecule has 9 nitrogen and oxygen atoms in total. The maximum atomic E-state index is 12.7. The summed E-state index contributed by atoms with van der Waals surface area (Å²) in [4.78, 5) is 29.3. The Kier molecular flexibility index (Phi) is 9.03. The smallest absolute Gasteiger partial charge is 0.407 e. The summed E-state index contributed by atoms with van der Waals surface area (Å²) in [7, 11) is 1.33. The highest BCUT2D eigenvalue weighted by molar-refractivity contribution is 7.80. The van der Waals surface area contributed by atoms with Gasteiger partial charge in [-0.1, -0.05) is 26.7 Å². The molecule has 10 heteroatoms. The van der Waals surface area contributed by atoms with Gasteiger partial charge in [0, 0.05) is 30.4 Å². The molecule has 0 radical (unpaired) electrons. The second kappa shape index (κ2) is 11.1. The van der Waals surface area contributed by atoms with E-state index in [1.807, 2.05) is 0 Å². The Morgan fingerprint density at radius 3 is 2.47 bits per heavy atom. The summed E-state index contributed by atoms with van der Waals surface area (Å²) >= 11 is 5.44. The second-order valence-corrected chi connectivity index (χ2v) is 9.52. The Morgan fingerprint density at radius 1 is 1.31 bits per heavy atom. The van der Waals surface area contributed by atoms with E-state index in [0.717, 1.165) is 12.8 Å². The molecule has 1 unspecified atom stereocenters. The fourth-order valence-corrected chi connectivity index (χ4v) is 4.62. The zero-order chi connectivity index (χ0) is 24.1.